The molecule has 0 radical (unpaired) electrons. The summed E-state index contributed by atoms with van der Waals surface area (Å²) in [5, 5.41) is 0. The Hall–Kier alpha value is -2.42. The number of para-hydroxylation sites is 1. The molecule has 0 saturated carbocycles. The molecule has 2 aromatic rings. The van der Waals surface area contributed by atoms with E-state index in [1.54, 1.807) is 12.1 Å². The largest absolute Gasteiger partial charge is 0.274 e. The van der Waals surface area contributed by atoms with Crippen molar-refractivity contribution in [1.82, 2.24) is 0 Å². The van der Waals surface area contributed by atoms with Gasteiger partial charge < -0.3 is 0 Å². The van der Waals surface area contributed by atoms with Gasteiger partial charge in [0.1, 0.15) is 0 Å². The summed E-state index contributed by atoms with van der Waals surface area (Å²) in [7, 11) is 0. The summed E-state index contributed by atoms with van der Waals surface area (Å²) >= 11 is 0. The first-order valence-electron chi connectivity index (χ1n) is 7.53. The van der Waals surface area contributed by atoms with Gasteiger partial charge in [-0.2, -0.15) is 0 Å². The van der Waals surface area contributed by atoms with E-state index in [1.165, 1.54) is 16.0 Å². The number of imide groups is 1. The van der Waals surface area contributed by atoms with Gasteiger partial charge in [0.05, 0.1) is 11.6 Å². The lowest BCUT2D eigenvalue weighted by Gasteiger charge is -2.15. The van der Waals surface area contributed by atoms with Gasteiger partial charge in [-0.25, -0.2) is 0 Å². The van der Waals surface area contributed by atoms with Crippen LogP contribution in [0.15, 0.2) is 48.5 Å². The lowest BCUT2D eigenvalue weighted by atomic mass is 9.95. The van der Waals surface area contributed by atoms with Crippen LogP contribution in [0.4, 0.5) is 5.69 Å². The van der Waals surface area contributed by atoms with Crippen LogP contribution in [-0.2, 0) is 16.0 Å². The molecule has 1 atom stereocenters. The predicted octanol–water partition coefficient (Wildman–Crippen LogP) is 3.43. The maximum absolute atomic E-state index is 12.6. The zero-order valence-electron chi connectivity index (χ0n) is 12.9. The van der Waals surface area contributed by atoms with Crippen LogP contribution in [0.3, 0.4) is 0 Å². The van der Waals surface area contributed by atoms with Gasteiger partial charge in [0, 0.05) is 6.42 Å². The molecule has 112 valence electrons. The van der Waals surface area contributed by atoms with Crippen molar-refractivity contribution in [1.29, 1.82) is 0 Å². The van der Waals surface area contributed by atoms with Gasteiger partial charge in [0.2, 0.25) is 11.8 Å². The van der Waals surface area contributed by atoms with E-state index < -0.39 is 0 Å². The number of hydrogen-bond acceptors (Lipinski definition) is 2. The zero-order valence-corrected chi connectivity index (χ0v) is 12.9. The van der Waals surface area contributed by atoms with Crippen molar-refractivity contribution in [2.24, 2.45) is 5.92 Å². The van der Waals surface area contributed by atoms with Crippen molar-refractivity contribution in [3.8, 4) is 0 Å². The fourth-order valence-electron chi connectivity index (χ4n) is 3.17. The van der Waals surface area contributed by atoms with Crippen molar-refractivity contribution in [3.05, 3.63) is 65.2 Å². The van der Waals surface area contributed by atoms with Gasteiger partial charge in [-0.1, -0.05) is 47.5 Å². The van der Waals surface area contributed by atoms with E-state index >= 15 is 0 Å². The van der Waals surface area contributed by atoms with Crippen LogP contribution >= 0.6 is 0 Å². The third-order valence-corrected chi connectivity index (χ3v) is 4.02. The fraction of sp³-hybridized carbons (Fsp3) is 0.263. The first-order valence-corrected chi connectivity index (χ1v) is 7.53. The first kappa shape index (κ1) is 14.5. The Bertz CT molecular complexity index is 701. The Morgan fingerprint density at radius 3 is 2.27 bits per heavy atom. The molecule has 3 rings (SSSR count). The van der Waals surface area contributed by atoms with Gasteiger partial charge in [-0.05, 0) is 38.0 Å². The van der Waals surface area contributed by atoms with E-state index in [9.17, 15) is 9.59 Å². The standard InChI is InChI=1S/C19H19NO2/c1-13-8-14(2)10-15(9-13)11-16-12-18(21)20(19(16)22)17-6-4-3-5-7-17/h3-10,16H,11-12H2,1-2H3. The summed E-state index contributed by atoms with van der Waals surface area (Å²) in [6.45, 7) is 4.10. The molecule has 3 nitrogen and oxygen atoms in total. The second kappa shape index (κ2) is 5.76. The Morgan fingerprint density at radius 1 is 1.00 bits per heavy atom. The molecular formula is C19H19NO2. The monoisotopic (exact) mass is 293 g/mol. The Labute approximate surface area is 130 Å². The topological polar surface area (TPSA) is 37.4 Å². The van der Waals surface area contributed by atoms with Gasteiger partial charge in [0.15, 0.2) is 0 Å². The molecule has 0 aromatic heterocycles. The van der Waals surface area contributed by atoms with E-state index in [-0.39, 0.29) is 17.7 Å². The van der Waals surface area contributed by atoms with Gasteiger partial charge >= 0.3 is 0 Å². The van der Waals surface area contributed by atoms with Crippen LogP contribution in [0.5, 0.6) is 0 Å². The molecule has 2 amide bonds. The summed E-state index contributed by atoms with van der Waals surface area (Å²) in [6.07, 6.45) is 0.914. The SMILES string of the molecule is Cc1cc(C)cc(CC2CC(=O)N(c3ccccc3)C2=O)c1. The highest BCUT2D eigenvalue weighted by Crippen LogP contribution is 2.28. The molecule has 1 fully saturated rings. The molecule has 3 heteroatoms. The quantitative estimate of drug-likeness (QED) is 0.813. The highest BCUT2D eigenvalue weighted by Gasteiger charge is 2.39. The molecule has 2 aromatic carbocycles. The van der Waals surface area contributed by atoms with E-state index in [4.69, 9.17) is 0 Å². The van der Waals surface area contributed by atoms with Crippen LogP contribution in [0, 0.1) is 19.8 Å². The van der Waals surface area contributed by atoms with Crippen LogP contribution < -0.4 is 4.90 Å². The van der Waals surface area contributed by atoms with Crippen LogP contribution in [-0.4, -0.2) is 11.8 Å². The Morgan fingerprint density at radius 2 is 1.64 bits per heavy atom. The lowest BCUT2D eigenvalue weighted by molar-refractivity contribution is -0.122. The summed E-state index contributed by atoms with van der Waals surface area (Å²) in [5.74, 6) is -0.449. The summed E-state index contributed by atoms with van der Waals surface area (Å²) in [4.78, 5) is 26.1. The number of hydrogen-bond donors (Lipinski definition) is 0. The second-order valence-electron chi connectivity index (χ2n) is 6.00. The minimum absolute atomic E-state index is 0.0876. The van der Waals surface area contributed by atoms with E-state index in [0.717, 1.165) is 5.56 Å². The molecule has 0 spiro atoms. The number of nitrogens with zero attached hydrogens (tertiary/aromatic N) is 1. The minimum Gasteiger partial charge on any atom is -0.274 e. The maximum atomic E-state index is 12.6. The first-order chi connectivity index (χ1) is 10.5. The van der Waals surface area contributed by atoms with Crippen molar-refractivity contribution < 1.29 is 9.59 Å². The Kier molecular flexibility index (Phi) is 3.80. The summed E-state index contributed by atoms with van der Waals surface area (Å²) in [5.41, 5.74) is 4.16. The molecule has 1 aliphatic rings. The third-order valence-electron chi connectivity index (χ3n) is 4.02. The molecule has 0 N–H and O–H groups in total. The van der Waals surface area contributed by atoms with Crippen molar-refractivity contribution in [2.45, 2.75) is 26.7 Å². The predicted molar refractivity (Wildman–Crippen MR) is 86.7 cm³/mol. The molecule has 1 saturated heterocycles. The van der Waals surface area contributed by atoms with Crippen LogP contribution in [0.2, 0.25) is 0 Å². The fourth-order valence-corrected chi connectivity index (χ4v) is 3.17. The number of carbonyl (C=O) groups excluding carboxylic acids is 2. The lowest BCUT2D eigenvalue weighted by Crippen LogP contribution is -2.30. The average Bonchev–Trinajstić information content (AvgIpc) is 2.73. The van der Waals surface area contributed by atoms with E-state index in [1.807, 2.05) is 32.0 Å². The van der Waals surface area contributed by atoms with Crippen molar-refractivity contribution >= 4 is 17.5 Å². The van der Waals surface area contributed by atoms with Gasteiger partial charge in [-0.3, -0.25) is 14.5 Å². The smallest absolute Gasteiger partial charge is 0.237 e. The number of rotatable bonds is 3. The molecular weight excluding hydrogens is 274 g/mol. The molecule has 1 unspecified atom stereocenters. The number of aryl methyl sites for hydroxylation is 2. The van der Waals surface area contributed by atoms with E-state index in [2.05, 4.69) is 18.2 Å². The number of amides is 2. The van der Waals surface area contributed by atoms with Crippen molar-refractivity contribution in [3.63, 3.8) is 0 Å². The zero-order chi connectivity index (χ0) is 15.7. The highest BCUT2D eigenvalue weighted by atomic mass is 16.2. The third kappa shape index (κ3) is 2.80. The summed E-state index contributed by atoms with van der Waals surface area (Å²) < 4.78 is 0. The number of anilines is 1. The molecule has 22 heavy (non-hydrogen) atoms. The molecule has 1 heterocycles. The normalized spacial score (nSPS) is 18.1. The maximum Gasteiger partial charge on any atom is 0.237 e. The molecule has 0 aliphatic carbocycles. The number of carbonyl (C=O) groups is 2. The molecule has 1 aliphatic heterocycles. The van der Waals surface area contributed by atoms with Crippen LogP contribution in [0.1, 0.15) is 23.1 Å². The minimum atomic E-state index is -0.256. The number of benzene rings is 2. The average molecular weight is 293 g/mol. The Balaban J connectivity index is 1.82. The highest BCUT2D eigenvalue weighted by molar-refractivity contribution is 6.20. The van der Waals surface area contributed by atoms with Gasteiger partial charge in [0.25, 0.3) is 0 Å². The van der Waals surface area contributed by atoms with Crippen molar-refractivity contribution in [2.75, 3.05) is 4.90 Å². The van der Waals surface area contributed by atoms with E-state index in [0.29, 0.717) is 18.5 Å². The summed E-state index contributed by atoms with van der Waals surface area (Å²) in [6, 6.07) is 15.5. The van der Waals surface area contributed by atoms with Gasteiger partial charge in [-0.15, -0.1) is 0 Å². The van der Waals surface area contributed by atoms with Crippen LogP contribution in [0.25, 0.3) is 0 Å². The molecule has 0 bridgehead atoms. The second-order valence-corrected chi connectivity index (χ2v) is 6.00.